The molecule has 0 aliphatic heterocycles. The normalized spacial score (nSPS) is 11.1. The van der Waals surface area contributed by atoms with Crippen molar-refractivity contribution in [2.24, 2.45) is 12.9 Å². The molecule has 0 radical (unpaired) electrons. The fraction of sp³-hybridized carbons (Fsp3) is 0.200. The van der Waals surface area contributed by atoms with Crippen LogP contribution in [0, 0.1) is 0 Å². The zero-order chi connectivity index (χ0) is 10.1. The first-order chi connectivity index (χ1) is 6.72. The number of hydrogen-bond acceptors (Lipinski definition) is 2. The first-order valence-electron chi connectivity index (χ1n) is 4.27. The number of benzene rings is 1. The summed E-state index contributed by atoms with van der Waals surface area (Å²) >= 11 is 6.06. The van der Waals surface area contributed by atoms with Gasteiger partial charge in [0.2, 0.25) is 0 Å². The number of halogens is 1. The summed E-state index contributed by atoms with van der Waals surface area (Å²) in [6.07, 6.45) is 1.89. The Kier molecular flexibility index (Phi) is 2.46. The first kappa shape index (κ1) is 9.52. The maximum absolute atomic E-state index is 6.06. The number of aryl methyl sites for hydroxylation is 1. The van der Waals surface area contributed by atoms with Crippen molar-refractivity contribution in [3.63, 3.8) is 0 Å². The van der Waals surface area contributed by atoms with Gasteiger partial charge in [-0.15, -0.1) is 0 Å². The molecule has 1 aromatic heterocycles. The van der Waals surface area contributed by atoms with E-state index in [-0.39, 0.29) is 0 Å². The molecule has 0 saturated carbocycles. The molecular weight excluding hydrogens is 200 g/mol. The largest absolute Gasteiger partial charge is 0.349 e. The van der Waals surface area contributed by atoms with Crippen molar-refractivity contribution < 1.29 is 4.84 Å². The Morgan fingerprint density at radius 1 is 1.50 bits per heavy atom. The van der Waals surface area contributed by atoms with E-state index in [1.54, 1.807) is 0 Å². The summed E-state index contributed by atoms with van der Waals surface area (Å²) in [6, 6.07) is 5.98. The van der Waals surface area contributed by atoms with Crippen LogP contribution in [0.5, 0.6) is 0 Å². The maximum atomic E-state index is 6.06. The number of nitrogens with zero attached hydrogens (tertiary/aromatic N) is 1. The Hall–Kier alpha value is -1.03. The highest BCUT2D eigenvalue weighted by molar-refractivity contribution is 6.35. The average molecular weight is 211 g/mol. The van der Waals surface area contributed by atoms with Crippen molar-refractivity contribution >= 4 is 22.5 Å². The topological polar surface area (TPSA) is 40.2 Å². The molecule has 1 aromatic carbocycles. The van der Waals surface area contributed by atoms with E-state index < -0.39 is 0 Å². The Bertz CT molecular complexity index is 464. The summed E-state index contributed by atoms with van der Waals surface area (Å²) in [5, 5.41) is 1.78. The van der Waals surface area contributed by atoms with Gasteiger partial charge in [0.25, 0.3) is 0 Å². The van der Waals surface area contributed by atoms with E-state index in [1.807, 2.05) is 36.0 Å². The van der Waals surface area contributed by atoms with Crippen molar-refractivity contribution in [2.45, 2.75) is 6.61 Å². The molecule has 0 amide bonds. The summed E-state index contributed by atoms with van der Waals surface area (Å²) in [5.41, 5.74) is 2.13. The molecule has 0 atom stereocenters. The first-order valence-corrected chi connectivity index (χ1v) is 4.65. The fourth-order valence-electron chi connectivity index (χ4n) is 1.58. The van der Waals surface area contributed by atoms with Crippen LogP contribution in [0.1, 0.15) is 5.56 Å². The molecule has 0 unspecified atom stereocenters. The lowest BCUT2D eigenvalue weighted by atomic mass is 10.2. The lowest BCUT2D eigenvalue weighted by molar-refractivity contribution is 0.124. The van der Waals surface area contributed by atoms with Gasteiger partial charge in [0.15, 0.2) is 0 Å². The predicted octanol–water partition coefficient (Wildman–Crippen LogP) is 2.22. The quantitative estimate of drug-likeness (QED) is 0.773. The average Bonchev–Trinajstić information content (AvgIpc) is 2.43. The van der Waals surface area contributed by atoms with Crippen LogP contribution in [0.25, 0.3) is 10.9 Å². The minimum absolute atomic E-state index is 0.404. The molecule has 2 rings (SSSR count). The summed E-state index contributed by atoms with van der Waals surface area (Å²) < 4.78 is 1.99. The van der Waals surface area contributed by atoms with E-state index in [9.17, 15) is 0 Å². The zero-order valence-corrected chi connectivity index (χ0v) is 8.58. The molecule has 74 valence electrons. The van der Waals surface area contributed by atoms with Gasteiger partial charge in [-0.2, -0.15) is 0 Å². The molecule has 2 aromatic rings. The highest BCUT2D eigenvalue weighted by atomic mass is 35.5. The van der Waals surface area contributed by atoms with Crippen LogP contribution in [-0.4, -0.2) is 4.57 Å². The number of nitrogens with two attached hydrogens (primary N) is 1. The van der Waals surface area contributed by atoms with Crippen LogP contribution >= 0.6 is 11.6 Å². The van der Waals surface area contributed by atoms with Crippen molar-refractivity contribution in [3.05, 3.63) is 35.0 Å². The SMILES string of the molecule is Cn1cc(Cl)c2cc(CON)ccc21. The summed E-state index contributed by atoms with van der Waals surface area (Å²) in [5.74, 6) is 5.01. The Balaban J connectivity index is 2.59. The lowest BCUT2D eigenvalue weighted by Crippen LogP contribution is -1.98. The van der Waals surface area contributed by atoms with Gasteiger partial charge in [0, 0.05) is 24.1 Å². The van der Waals surface area contributed by atoms with Gasteiger partial charge in [-0.3, -0.25) is 4.84 Å². The molecule has 3 nitrogen and oxygen atoms in total. The third-order valence-electron chi connectivity index (χ3n) is 2.26. The Labute approximate surface area is 87.0 Å². The Morgan fingerprint density at radius 2 is 2.29 bits per heavy atom. The Morgan fingerprint density at radius 3 is 3.00 bits per heavy atom. The van der Waals surface area contributed by atoms with Gasteiger partial charge in [0.1, 0.15) is 0 Å². The molecule has 4 heteroatoms. The number of hydrogen-bond donors (Lipinski definition) is 1. The second kappa shape index (κ2) is 3.61. The molecule has 0 saturated heterocycles. The second-order valence-corrected chi connectivity index (χ2v) is 3.66. The summed E-state index contributed by atoms with van der Waals surface area (Å²) in [4.78, 5) is 4.57. The van der Waals surface area contributed by atoms with Crippen LogP contribution < -0.4 is 5.90 Å². The fourth-order valence-corrected chi connectivity index (χ4v) is 1.87. The second-order valence-electron chi connectivity index (χ2n) is 3.25. The summed E-state index contributed by atoms with van der Waals surface area (Å²) in [6.45, 7) is 0.404. The number of aromatic nitrogens is 1. The molecule has 0 fully saturated rings. The molecule has 0 aliphatic carbocycles. The molecule has 1 heterocycles. The van der Waals surface area contributed by atoms with Gasteiger partial charge < -0.3 is 4.57 Å². The van der Waals surface area contributed by atoms with Crippen molar-refractivity contribution in [1.82, 2.24) is 4.57 Å². The van der Waals surface area contributed by atoms with Crippen molar-refractivity contribution in [1.29, 1.82) is 0 Å². The van der Waals surface area contributed by atoms with Crippen LogP contribution in [0.3, 0.4) is 0 Å². The number of fused-ring (bicyclic) bond motifs is 1. The van der Waals surface area contributed by atoms with Crippen molar-refractivity contribution in [3.8, 4) is 0 Å². The van der Waals surface area contributed by atoms with Crippen LogP contribution in [0.15, 0.2) is 24.4 Å². The van der Waals surface area contributed by atoms with E-state index in [2.05, 4.69) is 4.84 Å². The highest BCUT2D eigenvalue weighted by Gasteiger charge is 2.04. The van der Waals surface area contributed by atoms with Crippen molar-refractivity contribution in [2.75, 3.05) is 0 Å². The third-order valence-corrected chi connectivity index (χ3v) is 2.56. The molecule has 14 heavy (non-hydrogen) atoms. The highest BCUT2D eigenvalue weighted by Crippen LogP contribution is 2.25. The molecule has 2 N–H and O–H groups in total. The minimum atomic E-state index is 0.404. The van der Waals surface area contributed by atoms with Gasteiger partial charge in [-0.05, 0) is 17.7 Å². The van der Waals surface area contributed by atoms with E-state index in [0.29, 0.717) is 6.61 Å². The van der Waals surface area contributed by atoms with Crippen LogP contribution in [0.2, 0.25) is 5.02 Å². The zero-order valence-electron chi connectivity index (χ0n) is 7.83. The van der Waals surface area contributed by atoms with Gasteiger partial charge in [-0.25, -0.2) is 5.90 Å². The van der Waals surface area contributed by atoms with Gasteiger partial charge in [0.05, 0.1) is 11.6 Å². The monoisotopic (exact) mass is 210 g/mol. The van der Waals surface area contributed by atoms with E-state index in [0.717, 1.165) is 21.5 Å². The molecule has 0 aliphatic rings. The molecular formula is C10H11ClN2O. The van der Waals surface area contributed by atoms with Gasteiger partial charge >= 0.3 is 0 Å². The molecule has 0 spiro atoms. The molecule has 0 bridgehead atoms. The van der Waals surface area contributed by atoms with Gasteiger partial charge in [-0.1, -0.05) is 17.7 Å². The van der Waals surface area contributed by atoms with Crippen LogP contribution in [0.4, 0.5) is 0 Å². The maximum Gasteiger partial charge on any atom is 0.0930 e. The third kappa shape index (κ3) is 1.50. The number of rotatable bonds is 2. The standard InChI is InChI=1S/C10H11ClN2O/c1-13-5-9(11)8-4-7(6-14-12)2-3-10(8)13/h2-5H,6,12H2,1H3. The van der Waals surface area contributed by atoms with Crippen LogP contribution in [-0.2, 0) is 18.5 Å². The van der Waals surface area contributed by atoms with E-state index in [4.69, 9.17) is 17.5 Å². The minimum Gasteiger partial charge on any atom is -0.349 e. The van der Waals surface area contributed by atoms with E-state index in [1.165, 1.54) is 0 Å². The predicted molar refractivity (Wildman–Crippen MR) is 56.9 cm³/mol. The smallest absolute Gasteiger partial charge is 0.0930 e. The lowest BCUT2D eigenvalue weighted by Gasteiger charge is -2.00. The van der Waals surface area contributed by atoms with E-state index >= 15 is 0 Å². The summed E-state index contributed by atoms with van der Waals surface area (Å²) in [7, 11) is 1.97.